The van der Waals surface area contributed by atoms with Crippen molar-refractivity contribution in [3.63, 3.8) is 0 Å². The molecule has 0 atom stereocenters. The Balaban J connectivity index is 3.05. The number of sulfonamides is 1. The lowest BCUT2D eigenvalue weighted by molar-refractivity contribution is -0.140. The van der Waals surface area contributed by atoms with Crippen LogP contribution in [0.4, 0.5) is 5.69 Å². The first kappa shape index (κ1) is 14.5. The number of nitrogen functional groups attached to an aromatic ring is 1. The fourth-order valence-corrected chi connectivity index (χ4v) is 2.44. The molecule has 2 N–H and O–H groups in total. The number of methoxy groups -OCH3 is 1. The molecule has 18 heavy (non-hydrogen) atoms. The van der Waals surface area contributed by atoms with Crippen molar-refractivity contribution in [2.45, 2.75) is 11.8 Å². The summed E-state index contributed by atoms with van der Waals surface area (Å²) in [5.41, 5.74) is 6.86. The summed E-state index contributed by atoms with van der Waals surface area (Å²) in [5.74, 6) is -0.624. The van der Waals surface area contributed by atoms with Crippen LogP contribution in [0.15, 0.2) is 23.1 Å². The molecule has 6 nitrogen and oxygen atoms in total. The first-order chi connectivity index (χ1) is 8.28. The quantitative estimate of drug-likeness (QED) is 0.632. The predicted molar refractivity (Wildman–Crippen MR) is 67.4 cm³/mol. The topological polar surface area (TPSA) is 89.7 Å². The number of benzene rings is 1. The van der Waals surface area contributed by atoms with E-state index >= 15 is 0 Å². The average molecular weight is 272 g/mol. The van der Waals surface area contributed by atoms with Crippen molar-refractivity contribution in [2.75, 3.05) is 26.4 Å². The zero-order valence-electron chi connectivity index (χ0n) is 10.5. The van der Waals surface area contributed by atoms with Crippen molar-refractivity contribution in [1.29, 1.82) is 0 Å². The van der Waals surface area contributed by atoms with E-state index in [1.54, 1.807) is 13.0 Å². The minimum Gasteiger partial charge on any atom is -0.468 e. The molecule has 0 aromatic heterocycles. The van der Waals surface area contributed by atoms with Crippen LogP contribution in [-0.4, -0.2) is 39.4 Å². The molecule has 0 unspecified atom stereocenters. The number of ether oxygens (including phenoxy) is 1. The number of hydrogen-bond acceptors (Lipinski definition) is 5. The summed E-state index contributed by atoms with van der Waals surface area (Å²) >= 11 is 0. The van der Waals surface area contributed by atoms with Crippen LogP contribution in [0.3, 0.4) is 0 Å². The van der Waals surface area contributed by atoms with E-state index in [0.29, 0.717) is 5.69 Å². The maximum atomic E-state index is 12.1. The van der Waals surface area contributed by atoms with Crippen LogP contribution in [0.2, 0.25) is 0 Å². The Bertz CT molecular complexity index is 554. The lowest BCUT2D eigenvalue weighted by atomic mass is 10.2. The second kappa shape index (κ2) is 5.36. The molecule has 0 aliphatic rings. The van der Waals surface area contributed by atoms with E-state index in [-0.39, 0.29) is 11.4 Å². The third kappa shape index (κ3) is 2.99. The molecule has 0 amide bonds. The standard InChI is InChI=1S/C11H16N2O4S/c1-8-4-5-9(6-10(8)12)18(15,16)13(2)7-11(14)17-3/h4-6H,7,12H2,1-3H3. The highest BCUT2D eigenvalue weighted by Gasteiger charge is 2.23. The smallest absolute Gasteiger partial charge is 0.321 e. The van der Waals surface area contributed by atoms with Gasteiger partial charge in [-0.1, -0.05) is 6.07 Å². The van der Waals surface area contributed by atoms with E-state index in [2.05, 4.69) is 4.74 Å². The fourth-order valence-electron chi connectivity index (χ4n) is 1.29. The highest BCUT2D eigenvalue weighted by Crippen LogP contribution is 2.19. The summed E-state index contributed by atoms with van der Waals surface area (Å²) in [5, 5.41) is 0. The van der Waals surface area contributed by atoms with Gasteiger partial charge in [0.25, 0.3) is 0 Å². The molecular formula is C11H16N2O4S. The third-order valence-corrected chi connectivity index (χ3v) is 4.34. The van der Waals surface area contributed by atoms with Gasteiger partial charge in [0, 0.05) is 12.7 Å². The van der Waals surface area contributed by atoms with Gasteiger partial charge < -0.3 is 10.5 Å². The number of carbonyl (C=O) groups excluding carboxylic acids is 1. The zero-order chi connectivity index (χ0) is 13.9. The Labute approximate surface area is 106 Å². The SMILES string of the molecule is COC(=O)CN(C)S(=O)(=O)c1ccc(C)c(N)c1. The Morgan fingerprint density at radius 3 is 2.56 bits per heavy atom. The fraction of sp³-hybridized carbons (Fsp3) is 0.364. The van der Waals surface area contributed by atoms with Crippen molar-refractivity contribution in [2.24, 2.45) is 0 Å². The van der Waals surface area contributed by atoms with Gasteiger partial charge in [-0.2, -0.15) is 4.31 Å². The molecule has 0 aliphatic carbocycles. The highest BCUT2D eigenvalue weighted by atomic mass is 32.2. The van der Waals surface area contributed by atoms with Gasteiger partial charge in [0.05, 0.1) is 12.0 Å². The summed E-state index contributed by atoms with van der Waals surface area (Å²) in [4.78, 5) is 11.1. The van der Waals surface area contributed by atoms with Gasteiger partial charge in [-0.3, -0.25) is 4.79 Å². The molecule has 0 aliphatic heterocycles. The van der Waals surface area contributed by atoms with Crippen molar-refractivity contribution in [3.8, 4) is 0 Å². The molecule has 7 heteroatoms. The van der Waals surface area contributed by atoms with E-state index in [0.717, 1.165) is 9.87 Å². The lowest BCUT2D eigenvalue weighted by Crippen LogP contribution is -2.32. The summed E-state index contributed by atoms with van der Waals surface area (Å²) in [6.07, 6.45) is 0. The van der Waals surface area contributed by atoms with Crippen LogP contribution in [-0.2, 0) is 19.6 Å². The van der Waals surface area contributed by atoms with Crippen LogP contribution in [0, 0.1) is 6.92 Å². The molecule has 0 saturated heterocycles. The van der Waals surface area contributed by atoms with Crippen LogP contribution in [0.25, 0.3) is 0 Å². The van der Waals surface area contributed by atoms with Gasteiger partial charge >= 0.3 is 5.97 Å². The molecule has 1 aromatic rings. The number of hydrogen-bond donors (Lipinski definition) is 1. The zero-order valence-corrected chi connectivity index (χ0v) is 11.3. The van der Waals surface area contributed by atoms with Crippen molar-refractivity contribution in [1.82, 2.24) is 4.31 Å². The maximum absolute atomic E-state index is 12.1. The number of rotatable bonds is 4. The molecule has 1 rings (SSSR count). The normalized spacial score (nSPS) is 11.6. The highest BCUT2D eigenvalue weighted by molar-refractivity contribution is 7.89. The van der Waals surface area contributed by atoms with E-state index in [1.807, 2.05) is 0 Å². The van der Waals surface area contributed by atoms with E-state index in [4.69, 9.17) is 5.73 Å². The number of likely N-dealkylation sites (N-methyl/N-ethyl adjacent to an activating group) is 1. The molecular weight excluding hydrogens is 256 g/mol. The van der Waals surface area contributed by atoms with Gasteiger partial charge in [-0.25, -0.2) is 8.42 Å². The maximum Gasteiger partial charge on any atom is 0.321 e. The van der Waals surface area contributed by atoms with Crippen molar-refractivity contribution >= 4 is 21.7 Å². The molecule has 0 heterocycles. The molecule has 0 spiro atoms. The Morgan fingerprint density at radius 2 is 2.06 bits per heavy atom. The second-order valence-electron chi connectivity index (χ2n) is 3.86. The minimum atomic E-state index is -3.73. The summed E-state index contributed by atoms with van der Waals surface area (Å²) < 4.78 is 29.6. The summed E-state index contributed by atoms with van der Waals surface area (Å²) in [6.45, 7) is 1.44. The van der Waals surface area contributed by atoms with E-state index in [1.165, 1.54) is 26.3 Å². The third-order valence-electron chi connectivity index (χ3n) is 2.54. The molecule has 0 bridgehead atoms. The number of carbonyl (C=O) groups is 1. The first-order valence-corrected chi connectivity index (χ1v) is 6.62. The van der Waals surface area contributed by atoms with Crippen LogP contribution in [0.1, 0.15) is 5.56 Å². The summed E-state index contributed by atoms with van der Waals surface area (Å²) in [6, 6.07) is 4.45. The van der Waals surface area contributed by atoms with Gasteiger partial charge in [0.2, 0.25) is 10.0 Å². The van der Waals surface area contributed by atoms with Crippen molar-refractivity contribution in [3.05, 3.63) is 23.8 Å². The number of anilines is 1. The van der Waals surface area contributed by atoms with Gasteiger partial charge in [-0.15, -0.1) is 0 Å². The van der Waals surface area contributed by atoms with E-state index < -0.39 is 16.0 Å². The number of esters is 1. The largest absolute Gasteiger partial charge is 0.468 e. The first-order valence-electron chi connectivity index (χ1n) is 5.18. The molecule has 100 valence electrons. The predicted octanol–water partition coefficient (Wildman–Crippen LogP) is 0.371. The van der Waals surface area contributed by atoms with Crippen LogP contribution >= 0.6 is 0 Å². The minimum absolute atomic E-state index is 0.0528. The number of aryl methyl sites for hydroxylation is 1. The van der Waals surface area contributed by atoms with Gasteiger partial charge in [0.15, 0.2) is 0 Å². The van der Waals surface area contributed by atoms with Crippen molar-refractivity contribution < 1.29 is 17.9 Å². The Hall–Kier alpha value is -1.60. The summed E-state index contributed by atoms with van der Waals surface area (Å²) in [7, 11) is -1.22. The van der Waals surface area contributed by atoms with Crippen LogP contribution < -0.4 is 5.73 Å². The van der Waals surface area contributed by atoms with E-state index in [9.17, 15) is 13.2 Å². The van der Waals surface area contributed by atoms with Gasteiger partial charge in [0.1, 0.15) is 6.54 Å². The second-order valence-corrected chi connectivity index (χ2v) is 5.90. The Morgan fingerprint density at radius 1 is 1.44 bits per heavy atom. The van der Waals surface area contributed by atoms with Crippen LogP contribution in [0.5, 0.6) is 0 Å². The Kier molecular flexibility index (Phi) is 4.31. The number of nitrogens with zero attached hydrogens (tertiary/aromatic N) is 1. The monoisotopic (exact) mass is 272 g/mol. The molecule has 1 aromatic carbocycles. The van der Waals surface area contributed by atoms with Gasteiger partial charge in [-0.05, 0) is 24.6 Å². The molecule has 0 fully saturated rings. The lowest BCUT2D eigenvalue weighted by Gasteiger charge is -2.16. The molecule has 0 radical (unpaired) electrons. The average Bonchev–Trinajstić information content (AvgIpc) is 2.32. The number of nitrogens with two attached hydrogens (primary N) is 1. The molecule has 0 saturated carbocycles.